The lowest BCUT2D eigenvalue weighted by molar-refractivity contribution is -0.396. The molecule has 0 aliphatic heterocycles. The summed E-state index contributed by atoms with van der Waals surface area (Å²) in [7, 11) is -11.7. The highest BCUT2D eigenvalue weighted by molar-refractivity contribution is 7.87. The maximum atomic E-state index is 13.4. The maximum Gasteiger partial charge on any atom is 0.460 e. The fourth-order valence-corrected chi connectivity index (χ4v) is 4.32. The Morgan fingerprint density at radius 1 is 0.475 bits per heavy atom. The van der Waals surface area contributed by atoms with Crippen LogP contribution in [0, 0.1) is 0 Å². The van der Waals surface area contributed by atoms with Gasteiger partial charge in [-0.05, 0) is 6.92 Å². The predicted molar refractivity (Wildman–Crippen MR) is 90.2 cm³/mol. The van der Waals surface area contributed by atoms with Gasteiger partial charge in [-0.3, -0.25) is 0 Å². The zero-order chi connectivity index (χ0) is 32.8. The van der Waals surface area contributed by atoms with Crippen molar-refractivity contribution in [3.05, 3.63) is 0 Å². The molecule has 0 aromatic heterocycles. The van der Waals surface area contributed by atoms with Crippen LogP contribution in [0.5, 0.6) is 0 Å². The van der Waals surface area contributed by atoms with Gasteiger partial charge >= 0.3 is 47.9 Å². The van der Waals surface area contributed by atoms with Crippen molar-refractivity contribution in [2.45, 2.75) is 73.9 Å². The van der Waals surface area contributed by atoms with E-state index >= 15 is 0 Å². The molecular formula is C14H12F18O6S2. The molecule has 0 bridgehead atoms. The van der Waals surface area contributed by atoms with E-state index in [0.717, 1.165) is 0 Å². The lowest BCUT2D eigenvalue weighted by Gasteiger charge is -2.33. The van der Waals surface area contributed by atoms with Crippen molar-refractivity contribution >= 4 is 20.2 Å². The van der Waals surface area contributed by atoms with Crippen molar-refractivity contribution in [3.63, 3.8) is 0 Å². The summed E-state index contributed by atoms with van der Waals surface area (Å²) in [5.41, 5.74) is 0. The Kier molecular flexibility index (Phi) is 10.6. The zero-order valence-corrected chi connectivity index (χ0v) is 20.1. The van der Waals surface area contributed by atoms with E-state index in [9.17, 15) is 95.9 Å². The minimum atomic E-state index is -7.40. The molecule has 0 aliphatic rings. The quantitative estimate of drug-likeness (QED) is 0.132. The Balaban J connectivity index is 5.47. The first-order chi connectivity index (χ1) is 17.0. The molecule has 0 unspecified atom stereocenters. The van der Waals surface area contributed by atoms with Crippen LogP contribution >= 0.6 is 0 Å². The minimum absolute atomic E-state index is 0.115. The van der Waals surface area contributed by atoms with Gasteiger partial charge in [-0.2, -0.15) is 95.9 Å². The van der Waals surface area contributed by atoms with Crippen LogP contribution in [0.3, 0.4) is 0 Å². The van der Waals surface area contributed by atoms with Gasteiger partial charge in [0, 0.05) is 12.8 Å². The van der Waals surface area contributed by atoms with Crippen molar-refractivity contribution in [2.75, 3.05) is 11.5 Å². The van der Waals surface area contributed by atoms with Crippen molar-refractivity contribution < 1.29 is 104 Å². The highest BCUT2D eigenvalue weighted by Gasteiger charge is 2.82. The molecule has 6 nitrogen and oxygen atoms in total. The molecule has 0 atom stereocenters. The number of halogens is 18. The monoisotopic (exact) mass is 682 g/mol. The van der Waals surface area contributed by atoms with Crippen LogP contribution in [-0.2, 0) is 28.6 Å². The molecule has 0 aromatic carbocycles. The fourth-order valence-electron chi connectivity index (χ4n) is 2.16. The first-order valence-corrected chi connectivity index (χ1v) is 12.4. The molecule has 0 rings (SSSR count). The van der Waals surface area contributed by atoms with Crippen molar-refractivity contribution in [1.29, 1.82) is 0 Å². The predicted octanol–water partition coefficient (Wildman–Crippen LogP) is 5.74. The average Bonchev–Trinajstić information content (AvgIpc) is 2.68. The van der Waals surface area contributed by atoms with Crippen LogP contribution in [0.25, 0.3) is 0 Å². The number of alkyl halides is 18. The Morgan fingerprint density at radius 2 is 0.700 bits per heavy atom. The minimum Gasteiger partial charge on any atom is -0.237 e. The van der Waals surface area contributed by atoms with Gasteiger partial charge in [-0.15, -0.1) is 0 Å². The van der Waals surface area contributed by atoms with Crippen molar-refractivity contribution in [2.24, 2.45) is 0 Å². The Hall–Kier alpha value is -1.44. The SMILES string of the molecule is CC(OS(=O)(=O)CCC(F)(F)C(F)(F)C(F)(F)C(F)(F)F)OS(=O)(=O)CCC(F)(F)C(F)(F)C(F)(F)C(F)(F)F. The summed E-state index contributed by atoms with van der Waals surface area (Å²) in [6.07, 6.45) is -23.5. The highest BCUT2D eigenvalue weighted by atomic mass is 32.2. The Labute approximate surface area is 210 Å². The lowest BCUT2D eigenvalue weighted by Crippen LogP contribution is -2.61. The van der Waals surface area contributed by atoms with Gasteiger partial charge in [-0.25, -0.2) is 8.37 Å². The summed E-state index contributed by atoms with van der Waals surface area (Å²) >= 11 is 0. The third-order valence-corrected chi connectivity index (χ3v) is 6.85. The molecule has 0 saturated carbocycles. The summed E-state index contributed by atoms with van der Waals surface area (Å²) in [6, 6.07) is 0. The van der Waals surface area contributed by atoms with Crippen LogP contribution in [0.15, 0.2) is 0 Å². The molecule has 0 fully saturated rings. The molecule has 40 heavy (non-hydrogen) atoms. The number of hydrogen-bond donors (Lipinski definition) is 0. The van der Waals surface area contributed by atoms with Crippen LogP contribution in [0.1, 0.15) is 19.8 Å². The summed E-state index contributed by atoms with van der Waals surface area (Å²) in [4.78, 5) is 0. The van der Waals surface area contributed by atoms with E-state index in [0.29, 0.717) is 0 Å². The first-order valence-electron chi connectivity index (χ1n) is 9.23. The van der Waals surface area contributed by atoms with Gasteiger partial charge in [0.05, 0.1) is 11.5 Å². The normalized spacial score (nSPS) is 16.1. The molecule has 0 amide bonds. The Morgan fingerprint density at radius 3 is 0.900 bits per heavy atom. The second-order valence-corrected chi connectivity index (χ2v) is 10.9. The number of rotatable bonds is 14. The van der Waals surface area contributed by atoms with Crippen LogP contribution in [0.2, 0.25) is 0 Å². The van der Waals surface area contributed by atoms with E-state index in [1.807, 2.05) is 0 Å². The third-order valence-electron chi connectivity index (χ3n) is 4.32. The second-order valence-electron chi connectivity index (χ2n) is 7.49. The molecular weight excluding hydrogens is 670 g/mol. The lowest BCUT2D eigenvalue weighted by atomic mass is 10.0. The Bertz CT molecular complexity index is 1010. The van der Waals surface area contributed by atoms with Crippen molar-refractivity contribution in [1.82, 2.24) is 0 Å². The van der Waals surface area contributed by atoms with Gasteiger partial charge in [0.2, 0.25) is 0 Å². The number of hydrogen-bond acceptors (Lipinski definition) is 6. The van der Waals surface area contributed by atoms with Crippen molar-refractivity contribution in [3.8, 4) is 0 Å². The van der Waals surface area contributed by atoms with E-state index < -0.39 is 98.8 Å². The standard InChI is InChI=1S/C14H12F18O6S2/c1-6(37-39(33,34)4-2-7(15,16)9(19,20)11(23,24)13(27,28)29)38-40(35,36)5-3-8(17,18)10(21,22)12(25,26)14(30,31)32/h6H,2-5H2,1H3. The van der Waals surface area contributed by atoms with Crippen LogP contribution in [-0.4, -0.2) is 82.5 Å². The highest BCUT2D eigenvalue weighted by Crippen LogP contribution is 2.55. The molecule has 0 N–H and O–H groups in total. The molecule has 0 aliphatic carbocycles. The zero-order valence-electron chi connectivity index (χ0n) is 18.5. The smallest absolute Gasteiger partial charge is 0.237 e. The van der Waals surface area contributed by atoms with Crippen LogP contribution in [0.4, 0.5) is 79.0 Å². The first kappa shape index (κ1) is 38.6. The summed E-state index contributed by atoms with van der Waals surface area (Å²) in [6.45, 7) is 0.115. The van der Waals surface area contributed by atoms with Gasteiger partial charge in [0.1, 0.15) is 0 Å². The maximum absolute atomic E-state index is 13.4. The third kappa shape index (κ3) is 7.89. The largest absolute Gasteiger partial charge is 0.460 e. The second kappa shape index (κ2) is 11.0. The average molecular weight is 682 g/mol. The van der Waals surface area contributed by atoms with Gasteiger partial charge in [0.25, 0.3) is 20.2 Å². The molecule has 0 aromatic rings. The van der Waals surface area contributed by atoms with E-state index in [1.165, 1.54) is 0 Å². The van der Waals surface area contributed by atoms with Gasteiger partial charge < -0.3 is 0 Å². The van der Waals surface area contributed by atoms with Crippen LogP contribution < -0.4 is 0 Å². The van der Waals surface area contributed by atoms with Gasteiger partial charge in [0.15, 0.2) is 6.29 Å². The summed E-state index contributed by atoms with van der Waals surface area (Å²) in [5.74, 6) is -47.3. The molecule has 242 valence electrons. The van der Waals surface area contributed by atoms with E-state index in [4.69, 9.17) is 0 Å². The molecule has 0 saturated heterocycles. The molecule has 0 radical (unpaired) electrons. The summed E-state index contributed by atoms with van der Waals surface area (Å²) in [5, 5.41) is 0. The van der Waals surface area contributed by atoms with E-state index in [1.54, 1.807) is 0 Å². The van der Waals surface area contributed by atoms with E-state index in [-0.39, 0.29) is 6.92 Å². The van der Waals surface area contributed by atoms with Gasteiger partial charge in [-0.1, -0.05) is 0 Å². The molecule has 0 heterocycles. The fraction of sp³-hybridized carbons (Fsp3) is 1.00. The molecule has 0 spiro atoms. The topological polar surface area (TPSA) is 86.7 Å². The van der Waals surface area contributed by atoms with E-state index in [2.05, 4.69) is 8.37 Å². The molecule has 26 heteroatoms. The summed E-state index contributed by atoms with van der Waals surface area (Å²) < 4.78 is 283.